The van der Waals surface area contributed by atoms with Crippen LogP contribution in [0.2, 0.25) is 0 Å². The Labute approximate surface area is 106 Å². The summed E-state index contributed by atoms with van der Waals surface area (Å²) in [5.41, 5.74) is 8.72. The third-order valence-corrected chi connectivity index (χ3v) is 4.15. The van der Waals surface area contributed by atoms with Crippen molar-refractivity contribution in [1.29, 1.82) is 0 Å². The van der Waals surface area contributed by atoms with Crippen molar-refractivity contribution in [3.05, 3.63) is 24.5 Å². The van der Waals surface area contributed by atoms with E-state index in [-0.39, 0.29) is 0 Å². The van der Waals surface area contributed by atoms with E-state index in [4.69, 9.17) is 10.5 Å². The minimum atomic E-state index is 0.389. The number of nitrogen functional groups attached to an aromatic ring is 1. The van der Waals surface area contributed by atoms with Gasteiger partial charge in [-0.3, -0.25) is 0 Å². The van der Waals surface area contributed by atoms with Crippen molar-refractivity contribution in [3.8, 4) is 0 Å². The number of ether oxygens (including phenoxy) is 1. The van der Waals surface area contributed by atoms with Crippen LogP contribution in [0, 0.1) is 5.92 Å². The van der Waals surface area contributed by atoms with Crippen LogP contribution >= 0.6 is 0 Å². The van der Waals surface area contributed by atoms with Gasteiger partial charge in [0, 0.05) is 12.3 Å². The van der Waals surface area contributed by atoms with Crippen LogP contribution in [-0.2, 0) is 4.74 Å². The number of anilines is 1. The van der Waals surface area contributed by atoms with Crippen LogP contribution in [-0.4, -0.2) is 22.3 Å². The molecule has 0 amide bonds. The Morgan fingerprint density at radius 1 is 1.28 bits per heavy atom. The summed E-state index contributed by atoms with van der Waals surface area (Å²) in [4.78, 5) is 4.47. The summed E-state index contributed by atoms with van der Waals surface area (Å²) in [6.45, 7) is 0.875. The fourth-order valence-electron chi connectivity index (χ4n) is 3.09. The van der Waals surface area contributed by atoms with Crippen LogP contribution in [0.4, 0.5) is 5.69 Å². The summed E-state index contributed by atoms with van der Waals surface area (Å²) in [7, 11) is 0. The molecule has 1 aliphatic heterocycles. The van der Waals surface area contributed by atoms with Gasteiger partial charge in [0.25, 0.3) is 0 Å². The summed E-state index contributed by atoms with van der Waals surface area (Å²) in [6.07, 6.45) is 6.07. The van der Waals surface area contributed by atoms with Gasteiger partial charge in [0.05, 0.1) is 29.5 Å². The van der Waals surface area contributed by atoms with Gasteiger partial charge in [-0.25, -0.2) is 4.98 Å². The van der Waals surface area contributed by atoms with E-state index >= 15 is 0 Å². The SMILES string of the molecule is Nc1ccc2c(c1)ncn2C1CCOC1C1CC1. The fourth-order valence-corrected chi connectivity index (χ4v) is 3.09. The molecule has 4 nitrogen and oxygen atoms in total. The van der Waals surface area contributed by atoms with Crippen LogP contribution in [0.5, 0.6) is 0 Å². The fraction of sp³-hybridized carbons (Fsp3) is 0.500. The highest BCUT2D eigenvalue weighted by Gasteiger charge is 2.41. The number of fused-ring (bicyclic) bond motifs is 1. The number of hydrogen-bond acceptors (Lipinski definition) is 3. The van der Waals surface area contributed by atoms with Gasteiger partial charge in [-0.1, -0.05) is 0 Å². The largest absolute Gasteiger partial charge is 0.399 e. The lowest BCUT2D eigenvalue weighted by atomic mass is 10.1. The predicted molar refractivity (Wildman–Crippen MR) is 70.3 cm³/mol. The van der Waals surface area contributed by atoms with Crippen LogP contribution < -0.4 is 5.73 Å². The number of hydrogen-bond donors (Lipinski definition) is 1. The molecular formula is C14H17N3O. The van der Waals surface area contributed by atoms with Crippen LogP contribution in [0.25, 0.3) is 11.0 Å². The Balaban J connectivity index is 1.77. The topological polar surface area (TPSA) is 53.1 Å². The molecule has 1 saturated carbocycles. The molecule has 2 atom stereocenters. The second-order valence-corrected chi connectivity index (χ2v) is 5.43. The van der Waals surface area contributed by atoms with E-state index in [1.807, 2.05) is 18.5 Å². The standard InChI is InChI=1S/C14H17N3O/c15-10-3-4-12-11(7-10)16-8-17(12)13-5-6-18-14(13)9-1-2-9/h3-4,7-9,13-14H,1-2,5-6,15H2. The van der Waals surface area contributed by atoms with Crippen molar-refractivity contribution in [2.75, 3.05) is 12.3 Å². The van der Waals surface area contributed by atoms with E-state index in [1.165, 1.54) is 18.4 Å². The van der Waals surface area contributed by atoms with E-state index in [1.54, 1.807) is 0 Å². The maximum Gasteiger partial charge on any atom is 0.0961 e. The molecule has 2 heterocycles. The second kappa shape index (κ2) is 3.72. The van der Waals surface area contributed by atoms with E-state index in [0.717, 1.165) is 30.1 Å². The summed E-state index contributed by atoms with van der Waals surface area (Å²) in [6, 6.07) is 6.40. The van der Waals surface area contributed by atoms with E-state index in [2.05, 4.69) is 15.6 Å². The zero-order valence-electron chi connectivity index (χ0n) is 10.2. The summed E-state index contributed by atoms with van der Waals surface area (Å²) in [5, 5.41) is 0. The summed E-state index contributed by atoms with van der Waals surface area (Å²) >= 11 is 0. The first-order valence-corrected chi connectivity index (χ1v) is 6.66. The molecule has 18 heavy (non-hydrogen) atoms. The molecule has 2 aliphatic rings. The van der Waals surface area contributed by atoms with Crippen molar-refractivity contribution < 1.29 is 4.74 Å². The second-order valence-electron chi connectivity index (χ2n) is 5.43. The van der Waals surface area contributed by atoms with E-state index < -0.39 is 0 Å². The van der Waals surface area contributed by atoms with Crippen molar-refractivity contribution in [3.63, 3.8) is 0 Å². The van der Waals surface area contributed by atoms with Crippen molar-refractivity contribution in [2.45, 2.75) is 31.4 Å². The highest BCUT2D eigenvalue weighted by Crippen LogP contribution is 2.44. The Kier molecular flexibility index (Phi) is 2.14. The Bertz CT molecular complexity index is 588. The Hall–Kier alpha value is -1.55. The minimum absolute atomic E-state index is 0.389. The number of benzene rings is 1. The molecule has 4 rings (SSSR count). The maximum absolute atomic E-state index is 5.91. The number of imidazole rings is 1. The van der Waals surface area contributed by atoms with Gasteiger partial charge >= 0.3 is 0 Å². The van der Waals surface area contributed by atoms with Crippen LogP contribution in [0.3, 0.4) is 0 Å². The molecule has 4 heteroatoms. The number of rotatable bonds is 2. The summed E-state index contributed by atoms with van der Waals surface area (Å²) < 4.78 is 8.20. The lowest BCUT2D eigenvalue weighted by Crippen LogP contribution is -2.21. The smallest absolute Gasteiger partial charge is 0.0961 e. The van der Waals surface area contributed by atoms with Gasteiger partial charge in [0.1, 0.15) is 0 Å². The molecule has 2 N–H and O–H groups in total. The molecule has 1 aromatic carbocycles. The van der Waals surface area contributed by atoms with Gasteiger partial charge < -0.3 is 15.0 Å². The predicted octanol–water partition coefficient (Wildman–Crippen LogP) is 2.36. The zero-order valence-corrected chi connectivity index (χ0v) is 10.2. The average molecular weight is 243 g/mol. The van der Waals surface area contributed by atoms with Crippen LogP contribution in [0.1, 0.15) is 25.3 Å². The highest BCUT2D eigenvalue weighted by molar-refractivity contribution is 5.79. The normalized spacial score (nSPS) is 28.0. The Morgan fingerprint density at radius 2 is 2.17 bits per heavy atom. The van der Waals surface area contributed by atoms with Gasteiger partial charge in [0.15, 0.2) is 0 Å². The molecule has 0 radical (unpaired) electrons. The van der Waals surface area contributed by atoms with Crippen LogP contribution in [0.15, 0.2) is 24.5 Å². The number of nitrogens with zero attached hydrogens (tertiary/aromatic N) is 2. The zero-order chi connectivity index (χ0) is 12.1. The third-order valence-electron chi connectivity index (χ3n) is 4.15. The number of aromatic nitrogens is 2. The first-order chi connectivity index (χ1) is 8.83. The first kappa shape index (κ1) is 10.4. The van der Waals surface area contributed by atoms with Gasteiger partial charge in [0.2, 0.25) is 0 Å². The molecule has 94 valence electrons. The maximum atomic E-state index is 5.91. The van der Waals surface area contributed by atoms with Gasteiger partial charge in [-0.2, -0.15) is 0 Å². The van der Waals surface area contributed by atoms with Crippen molar-refractivity contribution in [2.24, 2.45) is 5.92 Å². The molecule has 1 aliphatic carbocycles. The van der Waals surface area contributed by atoms with Gasteiger partial charge in [-0.05, 0) is 43.4 Å². The monoisotopic (exact) mass is 243 g/mol. The molecule has 2 fully saturated rings. The van der Waals surface area contributed by atoms with E-state index in [9.17, 15) is 0 Å². The molecular weight excluding hydrogens is 226 g/mol. The molecule has 1 aromatic heterocycles. The molecule has 0 bridgehead atoms. The van der Waals surface area contributed by atoms with E-state index in [0.29, 0.717) is 12.1 Å². The summed E-state index contributed by atoms with van der Waals surface area (Å²) in [5.74, 6) is 0.767. The first-order valence-electron chi connectivity index (χ1n) is 6.66. The molecule has 2 aromatic rings. The lowest BCUT2D eigenvalue weighted by Gasteiger charge is -2.20. The lowest BCUT2D eigenvalue weighted by molar-refractivity contribution is 0.0758. The number of nitrogens with two attached hydrogens (primary N) is 1. The Morgan fingerprint density at radius 3 is 3.00 bits per heavy atom. The third kappa shape index (κ3) is 1.52. The minimum Gasteiger partial charge on any atom is -0.399 e. The quantitative estimate of drug-likeness (QED) is 0.824. The molecule has 0 spiro atoms. The highest BCUT2D eigenvalue weighted by atomic mass is 16.5. The van der Waals surface area contributed by atoms with Crippen molar-refractivity contribution >= 4 is 16.7 Å². The van der Waals surface area contributed by atoms with Gasteiger partial charge in [-0.15, -0.1) is 0 Å². The molecule has 2 unspecified atom stereocenters. The van der Waals surface area contributed by atoms with Crippen molar-refractivity contribution in [1.82, 2.24) is 9.55 Å². The molecule has 1 saturated heterocycles. The average Bonchev–Trinajstić information content (AvgIpc) is 2.96.